The monoisotopic (exact) mass is 362 g/mol. The Hall–Kier alpha value is -3.14. The number of hydrogen-bond donors (Lipinski definition) is 1. The van der Waals surface area contributed by atoms with Crippen LogP contribution in [0.1, 0.15) is 37.9 Å². The van der Waals surface area contributed by atoms with Crippen molar-refractivity contribution in [1.29, 1.82) is 0 Å². The van der Waals surface area contributed by atoms with Gasteiger partial charge in [-0.05, 0) is 37.1 Å². The minimum Gasteiger partial charge on any atom is -0.328 e. The molecular weight excluding hydrogens is 336 g/mol. The summed E-state index contributed by atoms with van der Waals surface area (Å²) in [6, 6.07) is 17.4. The van der Waals surface area contributed by atoms with Gasteiger partial charge in [0, 0.05) is 25.2 Å². The fraction of sp³-hybridized carbons (Fsp3) is 0.217. The van der Waals surface area contributed by atoms with Crippen LogP contribution in [0.5, 0.6) is 0 Å². The molecule has 0 fully saturated rings. The van der Waals surface area contributed by atoms with Gasteiger partial charge in [-0.1, -0.05) is 60.7 Å². The second kappa shape index (κ2) is 10.1. The highest BCUT2D eigenvalue weighted by Crippen LogP contribution is 2.25. The maximum Gasteiger partial charge on any atom is 0.247 e. The minimum atomic E-state index is -0.151. The summed E-state index contributed by atoms with van der Waals surface area (Å²) in [5.74, 6) is -0.180. The molecule has 0 aliphatic heterocycles. The summed E-state index contributed by atoms with van der Waals surface area (Å²) in [6.45, 7) is 5.89. The number of benzene rings is 2. The van der Waals surface area contributed by atoms with E-state index in [-0.39, 0.29) is 17.9 Å². The third-order valence-electron chi connectivity index (χ3n) is 4.18. The normalized spacial score (nSPS) is 12.3. The molecule has 2 aromatic carbocycles. The van der Waals surface area contributed by atoms with Crippen LogP contribution in [0.25, 0.3) is 0 Å². The van der Waals surface area contributed by atoms with Gasteiger partial charge in [-0.25, -0.2) is 0 Å². The number of rotatable bonds is 7. The molecule has 0 radical (unpaired) electrons. The third-order valence-corrected chi connectivity index (χ3v) is 4.18. The average Bonchev–Trinajstić information content (AvgIpc) is 2.66. The molecule has 0 saturated heterocycles. The summed E-state index contributed by atoms with van der Waals surface area (Å²) in [6.07, 6.45) is 7.05. The maximum absolute atomic E-state index is 12.8. The molecule has 1 N–H and O–H groups in total. The van der Waals surface area contributed by atoms with Gasteiger partial charge in [-0.3, -0.25) is 9.59 Å². The predicted octanol–water partition coefficient (Wildman–Crippen LogP) is 4.87. The first-order valence-electron chi connectivity index (χ1n) is 9.02. The highest BCUT2D eigenvalue weighted by Gasteiger charge is 2.20. The topological polar surface area (TPSA) is 49.4 Å². The molecule has 140 valence electrons. The number of carbonyl (C=O) groups excluding carboxylic acids is 2. The molecule has 0 aromatic heterocycles. The van der Waals surface area contributed by atoms with Gasteiger partial charge in [0.1, 0.15) is 0 Å². The molecule has 1 unspecified atom stereocenters. The summed E-state index contributed by atoms with van der Waals surface area (Å²) >= 11 is 0. The quantitative estimate of drug-likeness (QED) is 0.564. The zero-order valence-electron chi connectivity index (χ0n) is 16.1. The Kier molecular flexibility index (Phi) is 7.56. The number of anilines is 1. The Morgan fingerprint density at radius 1 is 1.07 bits per heavy atom. The molecule has 0 aliphatic rings. The minimum absolute atomic E-state index is 0.0608. The molecule has 0 spiro atoms. The summed E-state index contributed by atoms with van der Waals surface area (Å²) in [7, 11) is 0. The lowest BCUT2D eigenvalue weighted by Crippen LogP contribution is -2.31. The van der Waals surface area contributed by atoms with Gasteiger partial charge in [0.2, 0.25) is 11.8 Å². The van der Waals surface area contributed by atoms with Crippen LogP contribution in [0, 0.1) is 0 Å². The van der Waals surface area contributed by atoms with Crippen LogP contribution in [0.2, 0.25) is 0 Å². The van der Waals surface area contributed by atoms with E-state index < -0.39 is 0 Å². The van der Waals surface area contributed by atoms with Crippen molar-refractivity contribution in [2.75, 3.05) is 5.32 Å². The summed E-state index contributed by atoms with van der Waals surface area (Å²) < 4.78 is 0. The van der Waals surface area contributed by atoms with Crippen molar-refractivity contribution >= 4 is 17.5 Å². The van der Waals surface area contributed by atoms with Crippen molar-refractivity contribution < 1.29 is 9.59 Å². The number of amides is 2. The molecule has 0 saturated carbocycles. The maximum atomic E-state index is 12.8. The second-order valence-corrected chi connectivity index (χ2v) is 6.32. The summed E-state index contributed by atoms with van der Waals surface area (Å²) in [5.41, 5.74) is 2.75. The highest BCUT2D eigenvalue weighted by molar-refractivity contribution is 5.89. The molecule has 2 amide bonds. The van der Waals surface area contributed by atoms with Crippen molar-refractivity contribution in [3.8, 4) is 0 Å². The molecule has 1 atom stereocenters. The third kappa shape index (κ3) is 6.26. The smallest absolute Gasteiger partial charge is 0.247 e. The van der Waals surface area contributed by atoms with Gasteiger partial charge in [0.15, 0.2) is 0 Å². The largest absolute Gasteiger partial charge is 0.328 e. The fourth-order valence-electron chi connectivity index (χ4n) is 2.79. The SMILES string of the molecule is C/C=C/C=C/C(=O)N(Cc1ccccc1)C(C)c1cccc(NC(C)=O)c1. The Balaban J connectivity index is 2.30. The Labute approximate surface area is 161 Å². The number of allylic oxidation sites excluding steroid dienone is 3. The van der Waals surface area contributed by atoms with Crippen molar-refractivity contribution in [1.82, 2.24) is 4.90 Å². The van der Waals surface area contributed by atoms with Crippen LogP contribution >= 0.6 is 0 Å². The molecule has 27 heavy (non-hydrogen) atoms. The van der Waals surface area contributed by atoms with E-state index in [0.29, 0.717) is 6.54 Å². The molecule has 0 aliphatic carbocycles. The lowest BCUT2D eigenvalue weighted by Gasteiger charge is -2.29. The van der Waals surface area contributed by atoms with E-state index in [4.69, 9.17) is 0 Å². The number of hydrogen-bond acceptors (Lipinski definition) is 2. The van der Waals surface area contributed by atoms with Crippen molar-refractivity contribution in [2.24, 2.45) is 0 Å². The van der Waals surface area contributed by atoms with E-state index in [1.807, 2.05) is 85.5 Å². The van der Waals surface area contributed by atoms with Crippen LogP contribution in [-0.4, -0.2) is 16.7 Å². The molecule has 2 aromatic rings. The first-order chi connectivity index (χ1) is 13.0. The van der Waals surface area contributed by atoms with Crippen LogP contribution in [0.4, 0.5) is 5.69 Å². The van der Waals surface area contributed by atoms with Crippen LogP contribution in [0.15, 0.2) is 78.9 Å². The van der Waals surface area contributed by atoms with E-state index in [1.165, 1.54) is 6.92 Å². The molecule has 4 nitrogen and oxygen atoms in total. The molecule has 0 heterocycles. The number of carbonyl (C=O) groups is 2. The molecule has 0 bridgehead atoms. The van der Waals surface area contributed by atoms with Gasteiger partial charge in [0.25, 0.3) is 0 Å². The van der Waals surface area contributed by atoms with Crippen LogP contribution in [-0.2, 0) is 16.1 Å². The number of nitrogens with zero attached hydrogens (tertiary/aromatic N) is 1. The van der Waals surface area contributed by atoms with Gasteiger partial charge in [0.05, 0.1) is 6.04 Å². The summed E-state index contributed by atoms with van der Waals surface area (Å²) in [5, 5.41) is 2.79. The zero-order chi connectivity index (χ0) is 19.6. The van der Waals surface area contributed by atoms with Gasteiger partial charge in [-0.2, -0.15) is 0 Å². The predicted molar refractivity (Wildman–Crippen MR) is 110 cm³/mol. The lowest BCUT2D eigenvalue weighted by atomic mass is 10.0. The summed E-state index contributed by atoms with van der Waals surface area (Å²) in [4.78, 5) is 26.0. The Bertz CT molecular complexity index is 825. The van der Waals surface area contributed by atoms with E-state index in [1.54, 1.807) is 12.2 Å². The molecule has 4 heteroatoms. The standard InChI is InChI=1S/C23H26N2O2/c1-4-5-7-15-23(27)25(17-20-11-8-6-9-12-20)18(2)21-13-10-14-22(16-21)24-19(3)26/h4-16,18H,17H2,1-3H3,(H,24,26)/b5-4+,15-7+. The first-order valence-corrected chi connectivity index (χ1v) is 9.02. The molecular formula is C23H26N2O2. The van der Waals surface area contributed by atoms with E-state index in [2.05, 4.69) is 5.32 Å². The van der Waals surface area contributed by atoms with Crippen LogP contribution in [0.3, 0.4) is 0 Å². The Morgan fingerprint density at radius 2 is 1.81 bits per heavy atom. The van der Waals surface area contributed by atoms with Crippen molar-refractivity contribution in [3.05, 3.63) is 90.0 Å². The van der Waals surface area contributed by atoms with Gasteiger partial charge >= 0.3 is 0 Å². The van der Waals surface area contributed by atoms with Crippen LogP contribution < -0.4 is 5.32 Å². The fourth-order valence-corrected chi connectivity index (χ4v) is 2.79. The van der Waals surface area contributed by atoms with Gasteiger partial charge < -0.3 is 10.2 Å². The van der Waals surface area contributed by atoms with Crippen molar-refractivity contribution in [3.63, 3.8) is 0 Å². The lowest BCUT2D eigenvalue weighted by molar-refractivity contribution is -0.128. The Morgan fingerprint density at radius 3 is 2.48 bits per heavy atom. The first kappa shape index (κ1) is 20.2. The highest BCUT2D eigenvalue weighted by atomic mass is 16.2. The number of nitrogens with one attached hydrogen (secondary N) is 1. The van der Waals surface area contributed by atoms with E-state index >= 15 is 0 Å². The second-order valence-electron chi connectivity index (χ2n) is 6.32. The average molecular weight is 362 g/mol. The van der Waals surface area contributed by atoms with Crippen molar-refractivity contribution in [2.45, 2.75) is 33.4 Å². The van der Waals surface area contributed by atoms with E-state index in [9.17, 15) is 9.59 Å². The van der Waals surface area contributed by atoms with E-state index in [0.717, 1.165) is 16.8 Å². The molecule has 2 rings (SSSR count). The zero-order valence-corrected chi connectivity index (χ0v) is 16.1. The van der Waals surface area contributed by atoms with Gasteiger partial charge in [-0.15, -0.1) is 0 Å².